The SMILES string of the molecule is C[C@H](C(=O)c1cc2ccccc2n1C)[C@@H](C)C(=O)O. The first-order chi connectivity index (χ1) is 8.93. The summed E-state index contributed by atoms with van der Waals surface area (Å²) in [6.45, 7) is 3.23. The molecule has 0 fully saturated rings. The first-order valence-electron chi connectivity index (χ1n) is 6.25. The Balaban J connectivity index is 2.42. The highest BCUT2D eigenvalue weighted by molar-refractivity contribution is 6.02. The fourth-order valence-electron chi connectivity index (χ4n) is 2.20. The Morgan fingerprint density at radius 2 is 1.79 bits per heavy atom. The van der Waals surface area contributed by atoms with E-state index < -0.39 is 17.8 Å². The van der Waals surface area contributed by atoms with E-state index in [9.17, 15) is 9.59 Å². The molecule has 0 radical (unpaired) electrons. The van der Waals surface area contributed by atoms with Crippen molar-refractivity contribution >= 4 is 22.7 Å². The number of carboxylic acids is 1. The standard InChI is InChI=1S/C15H17NO3/c1-9(10(2)15(18)19)14(17)13-8-11-6-4-5-7-12(11)16(13)3/h4-10H,1-3H3,(H,18,19)/t9-,10+/m0/s1. The van der Waals surface area contributed by atoms with Gasteiger partial charge in [0.1, 0.15) is 0 Å². The lowest BCUT2D eigenvalue weighted by atomic mass is 9.90. The second-order valence-corrected chi connectivity index (χ2v) is 4.93. The molecular weight excluding hydrogens is 242 g/mol. The van der Waals surface area contributed by atoms with Crippen molar-refractivity contribution in [1.82, 2.24) is 4.57 Å². The third kappa shape index (κ3) is 2.26. The predicted molar refractivity (Wildman–Crippen MR) is 73.2 cm³/mol. The number of carboxylic acid groups (broad SMARTS) is 1. The number of aliphatic carboxylic acids is 1. The normalized spacial score (nSPS) is 14.3. The topological polar surface area (TPSA) is 59.3 Å². The van der Waals surface area contributed by atoms with Gasteiger partial charge in [0.15, 0.2) is 5.78 Å². The molecule has 1 aromatic carbocycles. The molecule has 0 aliphatic carbocycles. The zero-order valence-electron chi connectivity index (χ0n) is 11.3. The maximum absolute atomic E-state index is 12.4. The van der Waals surface area contributed by atoms with Crippen molar-refractivity contribution in [2.45, 2.75) is 13.8 Å². The molecule has 0 amide bonds. The van der Waals surface area contributed by atoms with Gasteiger partial charge in [-0.3, -0.25) is 9.59 Å². The van der Waals surface area contributed by atoms with Crippen LogP contribution in [0.5, 0.6) is 0 Å². The number of rotatable bonds is 4. The summed E-state index contributed by atoms with van der Waals surface area (Å²) in [5.41, 5.74) is 1.53. The number of hydrogen-bond donors (Lipinski definition) is 1. The van der Waals surface area contributed by atoms with Crippen molar-refractivity contribution in [2.75, 3.05) is 0 Å². The Bertz CT molecular complexity index is 642. The molecule has 0 aliphatic heterocycles. The lowest BCUT2D eigenvalue weighted by Gasteiger charge is -2.15. The first kappa shape index (κ1) is 13.3. The number of fused-ring (bicyclic) bond motifs is 1. The quantitative estimate of drug-likeness (QED) is 0.859. The van der Waals surface area contributed by atoms with Crippen LogP contribution in [0.4, 0.5) is 0 Å². The van der Waals surface area contributed by atoms with Crippen LogP contribution in [0.2, 0.25) is 0 Å². The fourth-order valence-corrected chi connectivity index (χ4v) is 2.20. The third-order valence-corrected chi connectivity index (χ3v) is 3.76. The summed E-state index contributed by atoms with van der Waals surface area (Å²) in [7, 11) is 1.83. The molecule has 19 heavy (non-hydrogen) atoms. The third-order valence-electron chi connectivity index (χ3n) is 3.76. The van der Waals surface area contributed by atoms with Gasteiger partial charge < -0.3 is 9.67 Å². The first-order valence-corrected chi connectivity index (χ1v) is 6.25. The average Bonchev–Trinajstić information content (AvgIpc) is 2.74. The van der Waals surface area contributed by atoms with E-state index in [1.54, 1.807) is 13.8 Å². The Morgan fingerprint density at radius 1 is 1.16 bits per heavy atom. The molecule has 0 aliphatic rings. The highest BCUT2D eigenvalue weighted by Gasteiger charge is 2.28. The lowest BCUT2D eigenvalue weighted by Crippen LogP contribution is -2.26. The highest BCUT2D eigenvalue weighted by atomic mass is 16.4. The summed E-state index contributed by atoms with van der Waals surface area (Å²) < 4.78 is 1.82. The molecule has 0 saturated carbocycles. The van der Waals surface area contributed by atoms with Gasteiger partial charge in [-0.05, 0) is 12.1 Å². The molecule has 0 unspecified atom stereocenters. The van der Waals surface area contributed by atoms with Crippen molar-refractivity contribution in [3.8, 4) is 0 Å². The van der Waals surface area contributed by atoms with Gasteiger partial charge in [-0.1, -0.05) is 32.0 Å². The fraction of sp³-hybridized carbons (Fsp3) is 0.333. The summed E-state index contributed by atoms with van der Waals surface area (Å²) in [6.07, 6.45) is 0. The number of ketones is 1. The maximum atomic E-state index is 12.4. The average molecular weight is 259 g/mol. The minimum absolute atomic E-state index is 0.131. The zero-order valence-corrected chi connectivity index (χ0v) is 11.3. The Hall–Kier alpha value is -2.10. The maximum Gasteiger partial charge on any atom is 0.306 e. The molecular formula is C15H17NO3. The van der Waals surface area contributed by atoms with E-state index >= 15 is 0 Å². The van der Waals surface area contributed by atoms with Gasteiger partial charge in [0.2, 0.25) is 0 Å². The van der Waals surface area contributed by atoms with Crippen LogP contribution in [0.15, 0.2) is 30.3 Å². The molecule has 4 heteroatoms. The minimum Gasteiger partial charge on any atom is -0.481 e. The summed E-state index contributed by atoms with van der Waals surface area (Å²) in [5.74, 6) is -2.31. The van der Waals surface area contributed by atoms with E-state index in [2.05, 4.69) is 0 Å². The van der Waals surface area contributed by atoms with Crippen molar-refractivity contribution in [2.24, 2.45) is 18.9 Å². The van der Waals surface area contributed by atoms with Crippen molar-refractivity contribution in [3.63, 3.8) is 0 Å². The molecule has 0 saturated heterocycles. The molecule has 2 atom stereocenters. The van der Waals surface area contributed by atoms with E-state index in [1.807, 2.05) is 41.9 Å². The van der Waals surface area contributed by atoms with Crippen LogP contribution in [0.25, 0.3) is 10.9 Å². The number of hydrogen-bond acceptors (Lipinski definition) is 2. The van der Waals surface area contributed by atoms with Gasteiger partial charge in [0, 0.05) is 23.9 Å². The van der Waals surface area contributed by atoms with Crippen LogP contribution >= 0.6 is 0 Å². The Morgan fingerprint density at radius 3 is 2.37 bits per heavy atom. The van der Waals surface area contributed by atoms with Crippen LogP contribution in [0.1, 0.15) is 24.3 Å². The molecule has 1 aromatic heterocycles. The number of nitrogens with zero attached hydrogens (tertiary/aromatic N) is 1. The predicted octanol–water partition coefficient (Wildman–Crippen LogP) is 2.72. The van der Waals surface area contributed by atoms with Crippen molar-refractivity contribution < 1.29 is 14.7 Å². The van der Waals surface area contributed by atoms with E-state index in [-0.39, 0.29) is 5.78 Å². The number of benzene rings is 1. The summed E-state index contributed by atoms with van der Waals surface area (Å²) in [4.78, 5) is 23.4. The second kappa shape index (κ2) is 4.88. The number of para-hydroxylation sites is 1. The Kier molecular flexibility index (Phi) is 3.42. The van der Waals surface area contributed by atoms with Crippen LogP contribution in [-0.2, 0) is 11.8 Å². The largest absolute Gasteiger partial charge is 0.481 e. The number of aromatic nitrogens is 1. The van der Waals surface area contributed by atoms with Gasteiger partial charge in [0.05, 0.1) is 11.6 Å². The van der Waals surface area contributed by atoms with Gasteiger partial charge in [-0.15, -0.1) is 0 Å². The number of carbonyl (C=O) groups is 2. The van der Waals surface area contributed by atoms with E-state index in [4.69, 9.17) is 5.11 Å². The molecule has 0 spiro atoms. The molecule has 100 valence electrons. The number of carbonyl (C=O) groups excluding carboxylic acids is 1. The van der Waals surface area contributed by atoms with Crippen LogP contribution < -0.4 is 0 Å². The zero-order chi connectivity index (χ0) is 14.2. The van der Waals surface area contributed by atoms with Crippen molar-refractivity contribution in [3.05, 3.63) is 36.0 Å². The molecule has 0 bridgehead atoms. The molecule has 4 nitrogen and oxygen atoms in total. The summed E-state index contributed by atoms with van der Waals surface area (Å²) in [5, 5.41) is 9.99. The molecule has 1 heterocycles. The molecule has 1 N–H and O–H groups in total. The van der Waals surface area contributed by atoms with E-state index in [0.29, 0.717) is 5.69 Å². The minimum atomic E-state index is -0.945. The van der Waals surface area contributed by atoms with Gasteiger partial charge >= 0.3 is 5.97 Å². The van der Waals surface area contributed by atoms with Gasteiger partial charge in [0.25, 0.3) is 0 Å². The second-order valence-electron chi connectivity index (χ2n) is 4.93. The van der Waals surface area contributed by atoms with Gasteiger partial charge in [-0.25, -0.2) is 0 Å². The van der Waals surface area contributed by atoms with Crippen LogP contribution in [-0.4, -0.2) is 21.4 Å². The highest BCUT2D eigenvalue weighted by Crippen LogP contribution is 2.23. The summed E-state index contributed by atoms with van der Waals surface area (Å²) >= 11 is 0. The number of Topliss-reactive ketones (excluding diaryl/α,β-unsaturated/α-hetero) is 1. The lowest BCUT2D eigenvalue weighted by molar-refractivity contribution is -0.142. The molecule has 2 rings (SSSR count). The Labute approximate surface area is 111 Å². The van der Waals surface area contributed by atoms with E-state index in [0.717, 1.165) is 10.9 Å². The number of aryl methyl sites for hydroxylation is 1. The van der Waals surface area contributed by atoms with Gasteiger partial charge in [-0.2, -0.15) is 0 Å². The summed E-state index contributed by atoms with van der Waals surface area (Å²) in [6, 6.07) is 9.54. The van der Waals surface area contributed by atoms with Crippen LogP contribution in [0.3, 0.4) is 0 Å². The van der Waals surface area contributed by atoms with E-state index in [1.165, 1.54) is 0 Å². The smallest absolute Gasteiger partial charge is 0.306 e. The monoisotopic (exact) mass is 259 g/mol. The molecule has 2 aromatic rings. The van der Waals surface area contributed by atoms with Crippen LogP contribution in [0, 0.1) is 11.8 Å². The van der Waals surface area contributed by atoms with Crippen molar-refractivity contribution in [1.29, 1.82) is 0 Å².